The number of carbonyl (C=O) groups is 3. The van der Waals surface area contributed by atoms with Crippen LogP contribution in [-0.2, 0) is 72.1 Å². The Labute approximate surface area is 715 Å². The molecule has 6 saturated heterocycles. The average Bonchev–Trinajstić information content (AvgIpc) is 0.914. The van der Waals surface area contributed by atoms with Crippen molar-refractivity contribution in [2.24, 2.45) is 0 Å². The van der Waals surface area contributed by atoms with Crippen molar-refractivity contribution >= 4 is 52.4 Å². The van der Waals surface area contributed by atoms with Gasteiger partial charge in [0.1, 0.15) is 61.2 Å². The summed E-state index contributed by atoms with van der Waals surface area (Å²) in [5, 5.41) is 0. The van der Waals surface area contributed by atoms with Gasteiger partial charge in [-0.2, -0.15) is 69.4 Å². The molecule has 29 nitrogen and oxygen atoms in total. The third kappa shape index (κ3) is 21.4. The molecule has 0 spiro atoms. The van der Waals surface area contributed by atoms with Crippen LogP contribution >= 0.6 is 0 Å². The molecule has 0 N–H and O–H groups in total. The average molecular weight is 1720 g/mol. The Morgan fingerprint density at radius 3 is 1.20 bits per heavy atom. The van der Waals surface area contributed by atoms with Crippen LogP contribution in [0.3, 0.4) is 0 Å². The highest BCUT2D eigenvalue weighted by atomic mass is 19.4. The van der Waals surface area contributed by atoms with E-state index < -0.39 is 36.1 Å². The maximum atomic E-state index is 13.8. The number of piperazine rings is 3. The van der Waals surface area contributed by atoms with E-state index in [0.29, 0.717) is 164 Å². The maximum Gasteiger partial charge on any atom is 0.419 e. The smallest absolute Gasteiger partial charge is 0.419 e. The van der Waals surface area contributed by atoms with E-state index in [1.165, 1.54) is 48.8 Å². The molecular formula is C86H102F9N23O6. The molecule has 0 radical (unpaired) electrons. The molecule has 3 unspecified atom stereocenters. The summed E-state index contributed by atoms with van der Waals surface area (Å²) in [5.74, 6) is 1.22. The lowest BCUT2D eigenvalue weighted by Crippen LogP contribution is -2.56. The normalized spacial score (nSPS) is 21.3. The first kappa shape index (κ1) is 90.0. The topological polar surface area (TPSA) is 234 Å². The number of fused-ring (bicyclic) bond motifs is 3. The van der Waals surface area contributed by atoms with E-state index in [-0.39, 0.29) is 122 Å². The van der Waals surface area contributed by atoms with E-state index >= 15 is 0 Å². The van der Waals surface area contributed by atoms with Crippen molar-refractivity contribution in [1.29, 1.82) is 0 Å². The minimum absolute atomic E-state index is 0.0574. The van der Waals surface area contributed by atoms with Gasteiger partial charge in [0, 0.05) is 138 Å². The van der Waals surface area contributed by atoms with Crippen molar-refractivity contribution in [2.75, 3.05) is 188 Å². The van der Waals surface area contributed by atoms with Crippen LogP contribution in [0.2, 0.25) is 0 Å². The first-order valence-electron chi connectivity index (χ1n) is 41.7. The standard InChI is InChI=1S/C30H36F3N7O2.2C28H33F3N8O2/c1-4-27(41)40-15-14-39(18-23(40)17-34-2)28-24-11-13-38(26-10-6-5-8-21(26)16-30(31,32)33)19-25(24)35-29(36-28)42-20-22-9-7-12-37(22)3;1-4-24(40)39-14-13-38(16-20(39)15-32-2)25-21-9-12-37(26-22(28(29,30)31)8-5-10-33-26)17-23(21)34-27(35-25)41-18-19-7-6-11-36(19)3;1-4-25(40)39-13-12-38(16-20(39)14-32-2)26-21-8-11-37(24-7-9-33-15-22(24)28(29,30)31)17-23(21)34-27(35-26)41-18-19-6-5-10-36(19)3/h4-6,8,10,22-23H,1,7,9,11-20H2,3H3;4-5,8,10,19-20H,1,6-7,9,11-18H2,3H3;4,7,9,15,19-20H,1,5-6,8,10-14,16-18H2,3H3/t22-,23?;2*19-,20?/m000/s1. The minimum atomic E-state index is -4.54. The number of likely N-dealkylation sites (N-methyl/N-ethyl adjacent to an activating group) is 3. The SMILES string of the molecule is [C-]#[N+]CC1CN(c2nc(OC[C@@H]3CCCN3C)nc3c2CCN(c2ccccc2CC(F)(F)F)C3)CCN1C(=O)C=C.[C-]#[N+]CC1CN(c2nc(OC[C@@H]3CCCN3C)nc3c2CCN(c2ccncc2C(F)(F)F)C3)CCN1C(=O)C=C.[C-]#[N+]CC1CN(c2nc(OC[C@@H]3CCCN3C)nc3c2CCN(c2ncccc2C(F)(F)F)C3)CCN1C(=O)C=C. The van der Waals surface area contributed by atoms with Crippen LogP contribution in [0.4, 0.5) is 74.2 Å². The van der Waals surface area contributed by atoms with E-state index in [1.807, 2.05) is 28.8 Å². The van der Waals surface area contributed by atoms with Crippen LogP contribution in [0.5, 0.6) is 18.0 Å². The number of aromatic nitrogens is 8. The summed E-state index contributed by atoms with van der Waals surface area (Å²) in [4.78, 5) is 107. The first-order valence-corrected chi connectivity index (χ1v) is 41.7. The molecule has 9 aliphatic heterocycles. The highest BCUT2D eigenvalue weighted by Gasteiger charge is 2.44. The molecule has 9 aliphatic rings. The quantitative estimate of drug-likeness (QED) is 0.0349. The molecule has 0 saturated carbocycles. The molecule has 6 atom stereocenters. The fourth-order valence-corrected chi connectivity index (χ4v) is 17.9. The van der Waals surface area contributed by atoms with E-state index in [1.54, 1.807) is 42.7 Å². The van der Waals surface area contributed by atoms with Crippen molar-refractivity contribution in [3.05, 3.63) is 184 Å². The summed E-state index contributed by atoms with van der Waals surface area (Å²) in [7, 11) is 6.16. The molecule has 0 bridgehead atoms. The third-order valence-electron chi connectivity index (χ3n) is 24.5. The fourth-order valence-electron chi connectivity index (χ4n) is 17.9. The zero-order valence-electron chi connectivity index (χ0n) is 69.8. The van der Waals surface area contributed by atoms with Crippen molar-refractivity contribution in [3.8, 4) is 18.0 Å². The van der Waals surface area contributed by atoms with Gasteiger partial charge in [-0.25, -0.2) is 24.7 Å². The maximum absolute atomic E-state index is 13.8. The van der Waals surface area contributed by atoms with E-state index in [4.69, 9.17) is 58.8 Å². The molecule has 0 aliphatic carbocycles. The molecule has 6 aromatic rings. The number of hydrogen-bond acceptors (Lipinski definition) is 23. The van der Waals surface area contributed by atoms with E-state index in [2.05, 4.69) is 75.9 Å². The van der Waals surface area contributed by atoms with Crippen molar-refractivity contribution in [3.63, 3.8) is 0 Å². The number of benzene rings is 1. The lowest BCUT2D eigenvalue weighted by molar-refractivity contribution is -0.138. The molecule has 1 aromatic carbocycles. The lowest BCUT2D eigenvalue weighted by Gasteiger charge is -2.41. The van der Waals surface area contributed by atoms with Crippen molar-refractivity contribution < 1.29 is 68.1 Å². The molecule has 660 valence electrons. The second-order valence-electron chi connectivity index (χ2n) is 32.3. The van der Waals surface area contributed by atoms with Crippen LogP contribution in [0.25, 0.3) is 14.5 Å². The molecule has 124 heavy (non-hydrogen) atoms. The molecule has 6 fully saturated rings. The number of pyridine rings is 2. The van der Waals surface area contributed by atoms with Gasteiger partial charge in [-0.15, -0.1) is 0 Å². The molecule has 15 rings (SSSR count). The van der Waals surface area contributed by atoms with Gasteiger partial charge in [-0.3, -0.25) is 19.4 Å². The number of halogens is 9. The zero-order valence-corrected chi connectivity index (χ0v) is 69.8. The third-order valence-corrected chi connectivity index (χ3v) is 24.5. The Balaban J connectivity index is 0.000000160. The number of carbonyl (C=O) groups excluding carboxylic acids is 3. The van der Waals surface area contributed by atoms with Crippen LogP contribution in [-0.4, -0.2) is 288 Å². The van der Waals surface area contributed by atoms with Gasteiger partial charge in [0.25, 0.3) is 0 Å². The summed E-state index contributed by atoms with van der Waals surface area (Å²) in [6.45, 7) is 43.3. The predicted octanol–water partition coefficient (Wildman–Crippen LogP) is 9.84. The zero-order chi connectivity index (χ0) is 88.2. The van der Waals surface area contributed by atoms with Crippen LogP contribution in [0, 0.1) is 19.7 Å². The molecule has 3 amide bonds. The number of hydrogen-bond donors (Lipinski definition) is 0. The summed E-state index contributed by atoms with van der Waals surface area (Å²) >= 11 is 0. The van der Waals surface area contributed by atoms with E-state index in [0.717, 1.165) is 87.1 Å². The number of alkyl halides is 9. The Morgan fingerprint density at radius 2 is 0.831 bits per heavy atom. The van der Waals surface area contributed by atoms with Gasteiger partial charge >= 0.3 is 36.6 Å². The summed E-state index contributed by atoms with van der Waals surface area (Å²) < 4.78 is 141. The van der Waals surface area contributed by atoms with Gasteiger partial charge in [0.05, 0.1) is 60.0 Å². The number of nitrogens with zero attached hydrogens (tertiary/aromatic N) is 23. The van der Waals surface area contributed by atoms with Crippen LogP contribution < -0.4 is 43.6 Å². The highest BCUT2D eigenvalue weighted by molar-refractivity contribution is 5.89. The van der Waals surface area contributed by atoms with Crippen molar-refractivity contribution in [2.45, 2.75) is 139 Å². The summed E-state index contributed by atoms with van der Waals surface area (Å²) in [6, 6.07) is 10.6. The minimum Gasteiger partial charge on any atom is -0.462 e. The molecule has 14 heterocycles. The second kappa shape index (κ2) is 39.9. The van der Waals surface area contributed by atoms with Crippen LogP contribution in [0.15, 0.2) is 99.0 Å². The van der Waals surface area contributed by atoms with Gasteiger partial charge in [0.2, 0.25) is 37.4 Å². The Hall–Kier alpha value is -11.7. The Morgan fingerprint density at radius 1 is 0.444 bits per heavy atom. The van der Waals surface area contributed by atoms with Gasteiger partial charge in [-0.1, -0.05) is 37.9 Å². The van der Waals surface area contributed by atoms with Gasteiger partial charge in [-0.05, 0) is 147 Å². The number of ether oxygens (including phenoxy) is 3. The number of likely N-dealkylation sites (tertiary alicyclic amines) is 3. The number of rotatable bonds is 22. The monoisotopic (exact) mass is 1720 g/mol. The Kier molecular flexibility index (Phi) is 29.0. The van der Waals surface area contributed by atoms with Gasteiger partial charge < -0.3 is 87.5 Å². The highest BCUT2D eigenvalue weighted by Crippen LogP contribution is 2.43. The van der Waals surface area contributed by atoms with Gasteiger partial charge in [0.15, 0.2) is 0 Å². The fraction of sp³-hybridized carbons (Fsp3) is 0.535. The van der Waals surface area contributed by atoms with E-state index in [9.17, 15) is 53.9 Å². The lowest BCUT2D eigenvalue weighted by atomic mass is 10.0. The van der Waals surface area contributed by atoms with Crippen molar-refractivity contribution in [1.82, 2.24) is 69.3 Å². The molecule has 5 aromatic heterocycles. The summed E-state index contributed by atoms with van der Waals surface area (Å²) in [5.41, 5.74) is 3.77. The number of amides is 3. The molecular weight excluding hydrogens is 1620 g/mol. The Bertz CT molecular complexity index is 4760. The van der Waals surface area contributed by atoms with Crippen LogP contribution in [0.1, 0.15) is 89.0 Å². The number of para-hydroxylation sites is 1. The largest absolute Gasteiger partial charge is 0.462 e. The predicted molar refractivity (Wildman–Crippen MR) is 447 cm³/mol. The first-order chi connectivity index (χ1) is 59.5. The summed E-state index contributed by atoms with van der Waals surface area (Å²) in [6.07, 6.45) is 0.629. The second-order valence-corrected chi connectivity index (χ2v) is 32.3. The number of anilines is 6. The molecule has 38 heteroatoms.